The zero-order valence-electron chi connectivity index (χ0n) is 20.7. The van der Waals surface area contributed by atoms with E-state index in [0.717, 1.165) is 47.1 Å². The molecule has 38 heavy (non-hydrogen) atoms. The maximum absolute atomic E-state index is 12.9. The van der Waals surface area contributed by atoms with E-state index in [1.807, 2.05) is 84.9 Å². The lowest BCUT2D eigenvalue weighted by atomic mass is 10.1. The molecule has 9 heteroatoms. The smallest absolute Gasteiger partial charge is 0.251 e. The second-order valence-corrected chi connectivity index (χ2v) is 8.99. The summed E-state index contributed by atoms with van der Waals surface area (Å²) in [6.07, 6.45) is 1.78. The maximum atomic E-state index is 12.9. The van der Waals surface area contributed by atoms with Gasteiger partial charge in [0.05, 0.1) is 18.9 Å². The number of hydrogen-bond acceptors (Lipinski definition) is 7. The summed E-state index contributed by atoms with van der Waals surface area (Å²) in [6, 6.07) is 27.1. The molecule has 0 atom stereocenters. The highest BCUT2D eigenvalue weighted by molar-refractivity contribution is 5.94. The van der Waals surface area contributed by atoms with Crippen LogP contribution >= 0.6 is 0 Å². The molecule has 4 heterocycles. The minimum absolute atomic E-state index is 0.130. The Morgan fingerprint density at radius 1 is 0.921 bits per heavy atom. The van der Waals surface area contributed by atoms with Gasteiger partial charge in [-0.3, -0.25) is 4.79 Å². The Balaban J connectivity index is 1.14. The summed E-state index contributed by atoms with van der Waals surface area (Å²) in [5, 5.41) is 10.9. The van der Waals surface area contributed by atoms with E-state index in [-0.39, 0.29) is 5.91 Å². The largest absolute Gasteiger partial charge is 0.378 e. The van der Waals surface area contributed by atoms with Crippen molar-refractivity contribution in [2.45, 2.75) is 6.54 Å². The van der Waals surface area contributed by atoms with E-state index in [1.165, 1.54) is 0 Å². The topological polar surface area (TPSA) is 96.7 Å². The number of morpholine rings is 1. The van der Waals surface area contributed by atoms with Crippen LogP contribution in [0.3, 0.4) is 0 Å². The molecule has 0 spiro atoms. The molecule has 0 radical (unpaired) electrons. The van der Waals surface area contributed by atoms with Gasteiger partial charge in [0.25, 0.3) is 5.91 Å². The standard InChI is InChI=1S/C29H27N7O2/c37-28(31-20-21-13-14-30-27(19-21)35-15-17-38-18-16-35)23-11-9-22(10-12-23)25-7-4-8-26-33-29(34-36(25)26)32-24-5-2-1-3-6-24/h1-14,19H,15-18,20H2,(H,31,37)(H,32,34). The van der Waals surface area contributed by atoms with Crippen LogP contribution in [0.4, 0.5) is 17.5 Å². The fourth-order valence-electron chi connectivity index (χ4n) is 4.44. The highest BCUT2D eigenvalue weighted by atomic mass is 16.5. The number of hydrogen-bond donors (Lipinski definition) is 2. The van der Waals surface area contributed by atoms with Crippen LogP contribution in [-0.2, 0) is 11.3 Å². The van der Waals surface area contributed by atoms with Gasteiger partial charge in [0.1, 0.15) is 5.82 Å². The zero-order chi connectivity index (χ0) is 25.7. The Morgan fingerprint density at radius 3 is 2.55 bits per heavy atom. The number of fused-ring (bicyclic) bond motifs is 1. The molecule has 2 N–H and O–H groups in total. The Morgan fingerprint density at radius 2 is 1.74 bits per heavy atom. The number of aromatic nitrogens is 4. The summed E-state index contributed by atoms with van der Waals surface area (Å²) in [7, 11) is 0. The van der Waals surface area contributed by atoms with E-state index in [2.05, 4.69) is 30.6 Å². The summed E-state index contributed by atoms with van der Waals surface area (Å²) in [5.41, 5.74) is 5.07. The molecular formula is C29H27N7O2. The van der Waals surface area contributed by atoms with Crippen molar-refractivity contribution in [1.29, 1.82) is 0 Å². The molecular weight excluding hydrogens is 478 g/mol. The van der Waals surface area contributed by atoms with Gasteiger partial charge in [-0.15, -0.1) is 5.10 Å². The predicted molar refractivity (Wildman–Crippen MR) is 147 cm³/mol. The van der Waals surface area contributed by atoms with E-state index in [0.29, 0.717) is 31.3 Å². The van der Waals surface area contributed by atoms with Gasteiger partial charge in [0, 0.05) is 42.6 Å². The van der Waals surface area contributed by atoms with E-state index < -0.39 is 0 Å². The number of carbonyl (C=O) groups is 1. The average Bonchev–Trinajstić information content (AvgIpc) is 3.40. The van der Waals surface area contributed by atoms with Crippen molar-refractivity contribution in [3.8, 4) is 11.3 Å². The highest BCUT2D eigenvalue weighted by Crippen LogP contribution is 2.23. The van der Waals surface area contributed by atoms with E-state index in [1.54, 1.807) is 10.7 Å². The Labute approximate surface area is 220 Å². The number of nitrogens with one attached hydrogen (secondary N) is 2. The number of pyridine rings is 2. The molecule has 3 aromatic heterocycles. The quantitative estimate of drug-likeness (QED) is 0.340. The number of carbonyl (C=O) groups excluding carboxylic acids is 1. The Kier molecular flexibility index (Phi) is 6.65. The van der Waals surface area contributed by atoms with Gasteiger partial charge in [-0.2, -0.15) is 4.98 Å². The third kappa shape index (κ3) is 5.18. The first kappa shape index (κ1) is 23.6. The summed E-state index contributed by atoms with van der Waals surface area (Å²) in [5.74, 6) is 1.30. The molecule has 1 saturated heterocycles. The van der Waals surface area contributed by atoms with Crippen LogP contribution < -0.4 is 15.5 Å². The van der Waals surface area contributed by atoms with Gasteiger partial charge in [-0.25, -0.2) is 9.50 Å². The second-order valence-electron chi connectivity index (χ2n) is 8.99. The van der Waals surface area contributed by atoms with Crippen LogP contribution in [0.5, 0.6) is 0 Å². The van der Waals surface area contributed by atoms with Crippen molar-refractivity contribution in [3.05, 3.63) is 102 Å². The fraction of sp³-hybridized carbons (Fsp3) is 0.172. The molecule has 1 aliphatic rings. The van der Waals surface area contributed by atoms with Gasteiger partial charge in [-0.05, 0) is 54.1 Å². The van der Waals surface area contributed by atoms with Gasteiger partial charge < -0.3 is 20.3 Å². The molecule has 6 rings (SSSR count). The van der Waals surface area contributed by atoms with Crippen LogP contribution in [0.15, 0.2) is 91.1 Å². The number of para-hydroxylation sites is 1. The van der Waals surface area contributed by atoms with Crippen molar-refractivity contribution < 1.29 is 9.53 Å². The molecule has 0 saturated carbocycles. The van der Waals surface area contributed by atoms with Crippen molar-refractivity contribution >= 4 is 29.0 Å². The molecule has 190 valence electrons. The average molecular weight is 506 g/mol. The first-order valence-electron chi connectivity index (χ1n) is 12.6. The number of ether oxygens (including phenoxy) is 1. The summed E-state index contributed by atoms with van der Waals surface area (Å²) < 4.78 is 7.22. The summed E-state index contributed by atoms with van der Waals surface area (Å²) in [6.45, 7) is 3.48. The van der Waals surface area contributed by atoms with E-state index >= 15 is 0 Å². The highest BCUT2D eigenvalue weighted by Gasteiger charge is 2.14. The molecule has 1 amide bonds. The van der Waals surface area contributed by atoms with Gasteiger partial charge in [0.2, 0.25) is 5.95 Å². The third-order valence-electron chi connectivity index (χ3n) is 6.43. The molecule has 0 aliphatic carbocycles. The fourth-order valence-corrected chi connectivity index (χ4v) is 4.44. The molecule has 9 nitrogen and oxygen atoms in total. The first-order chi connectivity index (χ1) is 18.7. The monoisotopic (exact) mass is 505 g/mol. The number of nitrogens with zero attached hydrogens (tertiary/aromatic N) is 5. The first-order valence-corrected chi connectivity index (χ1v) is 12.6. The number of anilines is 3. The van der Waals surface area contributed by atoms with Crippen LogP contribution in [0.2, 0.25) is 0 Å². The maximum Gasteiger partial charge on any atom is 0.251 e. The molecule has 1 aliphatic heterocycles. The lowest BCUT2D eigenvalue weighted by Gasteiger charge is -2.28. The second kappa shape index (κ2) is 10.7. The van der Waals surface area contributed by atoms with Gasteiger partial charge in [-0.1, -0.05) is 36.4 Å². The molecule has 5 aromatic rings. The van der Waals surface area contributed by atoms with E-state index in [4.69, 9.17) is 4.74 Å². The molecule has 0 bridgehead atoms. The van der Waals surface area contributed by atoms with Crippen LogP contribution in [-0.4, -0.2) is 51.8 Å². The van der Waals surface area contributed by atoms with Crippen molar-refractivity contribution in [2.75, 3.05) is 36.5 Å². The van der Waals surface area contributed by atoms with Crippen LogP contribution in [0.1, 0.15) is 15.9 Å². The van der Waals surface area contributed by atoms with Crippen molar-refractivity contribution in [2.24, 2.45) is 0 Å². The number of rotatable bonds is 7. The predicted octanol–water partition coefficient (Wildman–Crippen LogP) is 4.30. The third-order valence-corrected chi connectivity index (χ3v) is 6.43. The molecule has 2 aromatic carbocycles. The van der Waals surface area contributed by atoms with Gasteiger partial charge >= 0.3 is 0 Å². The summed E-state index contributed by atoms with van der Waals surface area (Å²) >= 11 is 0. The normalized spacial score (nSPS) is 13.4. The number of benzene rings is 2. The minimum Gasteiger partial charge on any atom is -0.378 e. The lowest BCUT2D eigenvalue weighted by molar-refractivity contribution is 0.0951. The molecule has 0 unspecified atom stereocenters. The number of amides is 1. The SMILES string of the molecule is O=C(NCc1ccnc(N2CCOCC2)c1)c1ccc(-c2cccc3nc(Nc4ccccc4)nn23)cc1. The Hall–Kier alpha value is -4.76. The lowest BCUT2D eigenvalue weighted by Crippen LogP contribution is -2.36. The molecule has 1 fully saturated rings. The van der Waals surface area contributed by atoms with Gasteiger partial charge in [0.15, 0.2) is 5.65 Å². The van der Waals surface area contributed by atoms with Crippen LogP contribution in [0, 0.1) is 0 Å². The van der Waals surface area contributed by atoms with Crippen LogP contribution in [0.25, 0.3) is 16.9 Å². The van der Waals surface area contributed by atoms with Crippen molar-refractivity contribution in [1.82, 2.24) is 24.9 Å². The zero-order valence-corrected chi connectivity index (χ0v) is 20.7. The minimum atomic E-state index is -0.130. The summed E-state index contributed by atoms with van der Waals surface area (Å²) in [4.78, 5) is 24.1. The Bertz CT molecular complexity index is 1540. The van der Waals surface area contributed by atoms with E-state index in [9.17, 15) is 4.79 Å². The van der Waals surface area contributed by atoms with Crippen molar-refractivity contribution in [3.63, 3.8) is 0 Å².